The second kappa shape index (κ2) is 5.66. The van der Waals surface area contributed by atoms with Crippen LogP contribution in [0, 0.1) is 5.92 Å². The maximum absolute atomic E-state index is 11.4. The van der Waals surface area contributed by atoms with Gasteiger partial charge < -0.3 is 0 Å². The summed E-state index contributed by atoms with van der Waals surface area (Å²) >= 11 is 5.12. The maximum Gasteiger partial charge on any atom is 0.133 e. The molecule has 3 heteroatoms. The summed E-state index contributed by atoms with van der Waals surface area (Å²) < 4.78 is 1.12. The zero-order valence-electron chi connectivity index (χ0n) is 8.55. The standard InChI is InChI=1S/C11H15BrOS/c1-8(2)5-10(13)3-4-11-6-9(12)7-14-11/h6-8H,3-5H2,1-2H3. The average molecular weight is 275 g/mol. The summed E-state index contributed by atoms with van der Waals surface area (Å²) in [5, 5.41) is 2.06. The number of rotatable bonds is 5. The number of hydrogen-bond donors (Lipinski definition) is 0. The minimum Gasteiger partial charge on any atom is -0.300 e. The van der Waals surface area contributed by atoms with Crippen molar-refractivity contribution in [3.05, 3.63) is 20.8 Å². The van der Waals surface area contributed by atoms with Gasteiger partial charge in [-0.25, -0.2) is 0 Å². The van der Waals surface area contributed by atoms with Crippen LogP contribution in [0.15, 0.2) is 15.9 Å². The van der Waals surface area contributed by atoms with Crippen molar-refractivity contribution in [2.24, 2.45) is 5.92 Å². The Hall–Kier alpha value is -0.150. The molecule has 0 aromatic carbocycles. The lowest BCUT2D eigenvalue weighted by atomic mass is 10.0. The van der Waals surface area contributed by atoms with E-state index in [9.17, 15) is 4.79 Å². The number of ketones is 1. The van der Waals surface area contributed by atoms with Crippen LogP contribution >= 0.6 is 27.3 Å². The van der Waals surface area contributed by atoms with Crippen molar-refractivity contribution < 1.29 is 4.79 Å². The lowest BCUT2D eigenvalue weighted by molar-refractivity contribution is -0.119. The van der Waals surface area contributed by atoms with Gasteiger partial charge in [-0.15, -0.1) is 11.3 Å². The number of thiophene rings is 1. The van der Waals surface area contributed by atoms with Gasteiger partial charge in [-0.1, -0.05) is 13.8 Å². The van der Waals surface area contributed by atoms with Crippen LogP contribution in [0.2, 0.25) is 0 Å². The topological polar surface area (TPSA) is 17.1 Å². The molecule has 0 bridgehead atoms. The predicted octanol–water partition coefficient (Wildman–Crippen LogP) is 4.06. The van der Waals surface area contributed by atoms with Gasteiger partial charge in [-0.05, 0) is 34.3 Å². The summed E-state index contributed by atoms with van der Waals surface area (Å²) in [5.74, 6) is 0.863. The largest absolute Gasteiger partial charge is 0.300 e. The molecule has 0 aliphatic rings. The molecule has 1 heterocycles. The van der Waals surface area contributed by atoms with Crippen LogP contribution in [-0.2, 0) is 11.2 Å². The summed E-state index contributed by atoms with van der Waals surface area (Å²) in [7, 11) is 0. The third-order valence-corrected chi connectivity index (χ3v) is 3.67. The van der Waals surface area contributed by atoms with Gasteiger partial charge >= 0.3 is 0 Å². The third kappa shape index (κ3) is 4.38. The zero-order chi connectivity index (χ0) is 10.6. The predicted molar refractivity (Wildman–Crippen MR) is 64.8 cm³/mol. The van der Waals surface area contributed by atoms with Crippen LogP contribution in [-0.4, -0.2) is 5.78 Å². The molecule has 0 fully saturated rings. The minimum atomic E-state index is 0.379. The Balaban J connectivity index is 2.30. The smallest absolute Gasteiger partial charge is 0.133 e. The summed E-state index contributed by atoms with van der Waals surface area (Å²) in [6, 6.07) is 2.09. The van der Waals surface area contributed by atoms with Gasteiger partial charge in [0.2, 0.25) is 0 Å². The summed E-state index contributed by atoms with van der Waals surface area (Å²) in [4.78, 5) is 12.7. The normalized spacial score (nSPS) is 10.9. The van der Waals surface area contributed by atoms with E-state index in [0.29, 0.717) is 24.5 Å². The quantitative estimate of drug-likeness (QED) is 0.792. The van der Waals surface area contributed by atoms with Gasteiger partial charge in [-0.3, -0.25) is 4.79 Å². The number of halogens is 1. The first-order chi connectivity index (χ1) is 6.58. The molecule has 0 aliphatic carbocycles. The molecule has 78 valence electrons. The molecule has 0 N–H and O–H groups in total. The number of carbonyl (C=O) groups is 1. The SMILES string of the molecule is CC(C)CC(=O)CCc1cc(Br)cs1. The number of hydrogen-bond acceptors (Lipinski definition) is 2. The average Bonchev–Trinajstić information content (AvgIpc) is 2.47. The number of carbonyl (C=O) groups excluding carboxylic acids is 1. The van der Waals surface area contributed by atoms with Crippen LogP contribution in [0.4, 0.5) is 0 Å². The fraction of sp³-hybridized carbons (Fsp3) is 0.545. The molecule has 0 saturated heterocycles. The molecule has 0 atom stereocenters. The first-order valence-electron chi connectivity index (χ1n) is 4.82. The van der Waals surface area contributed by atoms with Gasteiger partial charge in [-0.2, -0.15) is 0 Å². The molecule has 1 nitrogen and oxygen atoms in total. The Labute approximate surface area is 97.7 Å². The fourth-order valence-electron chi connectivity index (χ4n) is 1.30. The third-order valence-electron chi connectivity index (χ3n) is 1.91. The van der Waals surface area contributed by atoms with E-state index in [1.807, 2.05) is 0 Å². The molecule has 0 radical (unpaired) electrons. The number of aryl methyl sites for hydroxylation is 1. The summed E-state index contributed by atoms with van der Waals surface area (Å²) in [6.45, 7) is 4.17. The highest BCUT2D eigenvalue weighted by Gasteiger charge is 2.06. The zero-order valence-corrected chi connectivity index (χ0v) is 11.0. The highest BCUT2D eigenvalue weighted by molar-refractivity contribution is 9.10. The van der Waals surface area contributed by atoms with Crippen LogP contribution in [0.3, 0.4) is 0 Å². The second-order valence-corrected chi connectivity index (χ2v) is 5.78. The number of Topliss-reactive ketones (excluding diaryl/α,β-unsaturated/α-hetero) is 1. The first-order valence-corrected chi connectivity index (χ1v) is 6.50. The van der Waals surface area contributed by atoms with Crippen molar-refractivity contribution in [1.82, 2.24) is 0 Å². The molecule has 1 aromatic heterocycles. The molecular formula is C11H15BrOS. The molecule has 1 aromatic rings. The van der Waals surface area contributed by atoms with Gasteiger partial charge in [0.25, 0.3) is 0 Å². The Bertz CT molecular complexity index is 304. The molecule has 0 amide bonds. The van der Waals surface area contributed by atoms with Crippen molar-refractivity contribution in [2.45, 2.75) is 33.1 Å². The molecule has 0 unspecified atom stereocenters. The van der Waals surface area contributed by atoms with E-state index in [1.54, 1.807) is 11.3 Å². The van der Waals surface area contributed by atoms with Crippen LogP contribution in [0.5, 0.6) is 0 Å². The molecule has 0 aliphatic heterocycles. The highest BCUT2D eigenvalue weighted by atomic mass is 79.9. The Kier molecular flexibility index (Phi) is 4.82. The van der Waals surface area contributed by atoms with E-state index in [-0.39, 0.29) is 0 Å². The molecular weight excluding hydrogens is 260 g/mol. The molecule has 0 saturated carbocycles. The maximum atomic E-state index is 11.4. The van der Waals surface area contributed by atoms with Crippen molar-refractivity contribution in [3.63, 3.8) is 0 Å². The Morgan fingerprint density at radius 3 is 2.79 bits per heavy atom. The van der Waals surface area contributed by atoms with Gasteiger partial charge in [0.1, 0.15) is 5.78 Å². The van der Waals surface area contributed by atoms with Crippen LogP contribution < -0.4 is 0 Å². The van der Waals surface area contributed by atoms with Gasteiger partial charge in [0.05, 0.1) is 0 Å². The van der Waals surface area contributed by atoms with E-state index in [2.05, 4.69) is 41.2 Å². The molecule has 0 spiro atoms. The van der Waals surface area contributed by atoms with E-state index in [1.165, 1.54) is 4.88 Å². The van der Waals surface area contributed by atoms with Crippen molar-refractivity contribution in [2.75, 3.05) is 0 Å². The van der Waals surface area contributed by atoms with E-state index in [0.717, 1.165) is 10.9 Å². The van der Waals surface area contributed by atoms with E-state index >= 15 is 0 Å². The second-order valence-electron chi connectivity index (χ2n) is 3.87. The lowest BCUT2D eigenvalue weighted by Crippen LogP contribution is -2.03. The molecule has 14 heavy (non-hydrogen) atoms. The minimum absolute atomic E-state index is 0.379. The van der Waals surface area contributed by atoms with Crippen molar-refractivity contribution in [1.29, 1.82) is 0 Å². The van der Waals surface area contributed by atoms with Gasteiger partial charge in [0, 0.05) is 27.6 Å². The first kappa shape index (κ1) is 11.9. The Morgan fingerprint density at radius 1 is 1.57 bits per heavy atom. The fourth-order valence-corrected chi connectivity index (χ4v) is 2.76. The van der Waals surface area contributed by atoms with E-state index < -0.39 is 0 Å². The van der Waals surface area contributed by atoms with Crippen molar-refractivity contribution in [3.8, 4) is 0 Å². The van der Waals surface area contributed by atoms with Crippen molar-refractivity contribution >= 4 is 33.0 Å². The highest BCUT2D eigenvalue weighted by Crippen LogP contribution is 2.21. The summed E-state index contributed by atoms with van der Waals surface area (Å²) in [6.07, 6.45) is 2.29. The van der Waals surface area contributed by atoms with Gasteiger partial charge in [0.15, 0.2) is 0 Å². The summed E-state index contributed by atoms with van der Waals surface area (Å²) in [5.41, 5.74) is 0. The van der Waals surface area contributed by atoms with E-state index in [4.69, 9.17) is 0 Å². The van der Waals surface area contributed by atoms with Crippen LogP contribution in [0.25, 0.3) is 0 Å². The molecule has 1 rings (SSSR count). The van der Waals surface area contributed by atoms with Crippen LogP contribution in [0.1, 0.15) is 31.6 Å². The Morgan fingerprint density at radius 2 is 2.29 bits per heavy atom. The monoisotopic (exact) mass is 274 g/mol. The lowest BCUT2D eigenvalue weighted by Gasteiger charge is -2.02.